The minimum Gasteiger partial charge on any atom is -0.452 e. The van der Waals surface area contributed by atoms with Crippen LogP contribution in [0.25, 0.3) is 0 Å². The van der Waals surface area contributed by atoms with Crippen molar-refractivity contribution in [2.45, 2.75) is 31.8 Å². The molecule has 1 saturated heterocycles. The number of carbonyl (C=O) groups excluding carboxylic acids is 2. The van der Waals surface area contributed by atoms with Crippen LogP contribution in [0, 0.1) is 0 Å². The van der Waals surface area contributed by atoms with Crippen LogP contribution in [0.1, 0.15) is 19.8 Å². The first-order valence-corrected chi connectivity index (χ1v) is 6.79. The molecule has 0 radical (unpaired) electrons. The Bertz CT molecular complexity index is 457. The fraction of sp³-hybridized carbons (Fsp3) is 0.778. The van der Waals surface area contributed by atoms with E-state index in [9.17, 15) is 18.0 Å². The molecule has 0 aromatic carbocycles. The summed E-state index contributed by atoms with van der Waals surface area (Å²) in [5.41, 5.74) is 0. The summed E-state index contributed by atoms with van der Waals surface area (Å²) in [6.07, 6.45) is 1.27. The fourth-order valence-electron chi connectivity index (χ4n) is 1.88. The van der Waals surface area contributed by atoms with Crippen molar-refractivity contribution >= 4 is 22.4 Å². The van der Waals surface area contributed by atoms with Gasteiger partial charge in [0, 0.05) is 12.6 Å². The molecule has 1 amide bonds. The van der Waals surface area contributed by atoms with Gasteiger partial charge in [-0.1, -0.05) is 0 Å². The number of hydrogen-bond donors (Lipinski definition) is 1. The topological polar surface area (TPSA) is 105 Å². The standard InChI is InChI=1S/C9H15N3O5S/c1-7-5-8(10-6-13)3-4-12(7)18(15,16)11-9(14)17-2/h7-8H,3-5H2,1-2H3,(H,11,14). The number of isocyanates is 1. The molecule has 8 nitrogen and oxygen atoms in total. The lowest BCUT2D eigenvalue weighted by atomic mass is 10.0. The van der Waals surface area contributed by atoms with Crippen molar-refractivity contribution in [3.05, 3.63) is 0 Å². The van der Waals surface area contributed by atoms with Crippen LogP contribution in [0.2, 0.25) is 0 Å². The van der Waals surface area contributed by atoms with Gasteiger partial charge in [0.2, 0.25) is 6.08 Å². The Labute approximate surface area is 105 Å². The number of ether oxygens (including phenoxy) is 1. The van der Waals surface area contributed by atoms with E-state index in [0.29, 0.717) is 12.8 Å². The van der Waals surface area contributed by atoms with E-state index in [4.69, 9.17) is 0 Å². The van der Waals surface area contributed by atoms with Crippen LogP contribution in [0.4, 0.5) is 4.79 Å². The molecule has 1 N–H and O–H groups in total. The number of hydrogen-bond acceptors (Lipinski definition) is 6. The van der Waals surface area contributed by atoms with Crippen molar-refractivity contribution in [3.63, 3.8) is 0 Å². The minimum absolute atomic E-state index is 0.184. The van der Waals surface area contributed by atoms with Crippen molar-refractivity contribution in [2.75, 3.05) is 13.7 Å². The fourth-order valence-corrected chi connectivity index (χ4v) is 3.20. The molecule has 0 aliphatic carbocycles. The van der Waals surface area contributed by atoms with Gasteiger partial charge >= 0.3 is 16.3 Å². The predicted octanol–water partition coefficient (Wildman–Crippen LogP) is -0.224. The van der Waals surface area contributed by atoms with Gasteiger partial charge in [0.25, 0.3) is 0 Å². The zero-order valence-electron chi connectivity index (χ0n) is 10.1. The van der Waals surface area contributed by atoms with Crippen LogP contribution < -0.4 is 4.72 Å². The molecule has 9 heteroatoms. The summed E-state index contributed by atoms with van der Waals surface area (Å²) < 4.78 is 30.9. The van der Waals surface area contributed by atoms with Crippen molar-refractivity contribution < 1.29 is 22.7 Å². The predicted molar refractivity (Wildman–Crippen MR) is 61.8 cm³/mol. The van der Waals surface area contributed by atoms with Gasteiger partial charge in [-0.15, -0.1) is 0 Å². The Morgan fingerprint density at radius 3 is 2.72 bits per heavy atom. The van der Waals surface area contributed by atoms with Crippen molar-refractivity contribution in [1.82, 2.24) is 9.03 Å². The second kappa shape index (κ2) is 5.94. The molecule has 1 aliphatic heterocycles. The van der Waals surface area contributed by atoms with Crippen molar-refractivity contribution in [1.29, 1.82) is 0 Å². The summed E-state index contributed by atoms with van der Waals surface area (Å²) >= 11 is 0. The smallest absolute Gasteiger partial charge is 0.421 e. The summed E-state index contributed by atoms with van der Waals surface area (Å²) in [7, 11) is -2.83. The highest BCUT2D eigenvalue weighted by Gasteiger charge is 2.34. The number of rotatable bonds is 3. The average Bonchev–Trinajstić information content (AvgIpc) is 2.28. The van der Waals surface area contributed by atoms with Gasteiger partial charge in [-0.25, -0.2) is 19.3 Å². The highest BCUT2D eigenvalue weighted by molar-refractivity contribution is 7.87. The Morgan fingerprint density at radius 2 is 2.22 bits per heavy atom. The molecule has 0 saturated carbocycles. The van der Waals surface area contributed by atoms with E-state index in [1.807, 2.05) is 0 Å². The third kappa shape index (κ3) is 3.52. The second-order valence-corrected chi connectivity index (χ2v) is 5.58. The van der Waals surface area contributed by atoms with Crippen LogP contribution in [-0.2, 0) is 19.7 Å². The summed E-state index contributed by atoms with van der Waals surface area (Å²) in [6, 6.07) is -0.579. The highest BCUT2D eigenvalue weighted by atomic mass is 32.2. The number of piperidine rings is 1. The van der Waals surface area contributed by atoms with Crippen LogP contribution in [0.15, 0.2) is 4.99 Å². The lowest BCUT2D eigenvalue weighted by molar-refractivity contribution is 0.175. The van der Waals surface area contributed by atoms with E-state index < -0.39 is 16.3 Å². The molecule has 0 spiro atoms. The molecule has 0 aromatic rings. The third-order valence-electron chi connectivity index (χ3n) is 2.73. The molecule has 1 aliphatic rings. The molecule has 2 unspecified atom stereocenters. The van der Waals surface area contributed by atoms with E-state index in [2.05, 4.69) is 9.73 Å². The summed E-state index contributed by atoms with van der Waals surface area (Å²) in [4.78, 5) is 24.7. The SMILES string of the molecule is COC(=O)NS(=O)(=O)N1CCC(N=C=O)CC1C. The normalized spacial score (nSPS) is 25.0. The summed E-state index contributed by atoms with van der Waals surface area (Å²) in [6.45, 7) is 1.87. The number of carbonyl (C=O) groups is 1. The maximum Gasteiger partial charge on any atom is 0.421 e. The first kappa shape index (κ1) is 14.6. The van der Waals surface area contributed by atoms with Gasteiger partial charge in [0.15, 0.2) is 0 Å². The van der Waals surface area contributed by atoms with E-state index in [0.717, 1.165) is 11.4 Å². The zero-order chi connectivity index (χ0) is 13.8. The average molecular weight is 277 g/mol. The minimum atomic E-state index is -3.91. The maximum atomic E-state index is 11.8. The van der Waals surface area contributed by atoms with Gasteiger partial charge in [-0.2, -0.15) is 12.7 Å². The van der Waals surface area contributed by atoms with Crippen molar-refractivity contribution in [3.8, 4) is 0 Å². The van der Waals surface area contributed by atoms with Gasteiger partial charge in [0.05, 0.1) is 13.2 Å². The first-order valence-electron chi connectivity index (χ1n) is 5.35. The molecule has 1 rings (SSSR count). The van der Waals surface area contributed by atoms with Crippen LogP contribution >= 0.6 is 0 Å². The maximum absolute atomic E-state index is 11.8. The van der Waals surface area contributed by atoms with Crippen molar-refractivity contribution in [2.24, 2.45) is 4.99 Å². The van der Waals surface area contributed by atoms with E-state index >= 15 is 0 Å². The molecule has 1 fully saturated rings. The lowest BCUT2D eigenvalue weighted by Gasteiger charge is -2.34. The summed E-state index contributed by atoms with van der Waals surface area (Å²) in [5, 5.41) is 0. The Hall–Kier alpha value is -1.44. The van der Waals surface area contributed by atoms with Gasteiger partial charge in [-0.05, 0) is 19.8 Å². The molecule has 18 heavy (non-hydrogen) atoms. The summed E-state index contributed by atoms with van der Waals surface area (Å²) in [5.74, 6) is 0. The van der Waals surface area contributed by atoms with E-state index in [-0.39, 0.29) is 18.6 Å². The number of nitrogens with zero attached hydrogens (tertiary/aromatic N) is 2. The van der Waals surface area contributed by atoms with Crippen LogP contribution in [-0.4, -0.2) is 50.6 Å². The third-order valence-corrected chi connectivity index (χ3v) is 4.31. The number of aliphatic imine (C=N–C) groups is 1. The monoisotopic (exact) mass is 277 g/mol. The molecule has 1 heterocycles. The zero-order valence-corrected chi connectivity index (χ0v) is 10.9. The van der Waals surface area contributed by atoms with Crippen LogP contribution in [0.5, 0.6) is 0 Å². The van der Waals surface area contributed by atoms with Gasteiger partial charge in [0.1, 0.15) is 0 Å². The quantitative estimate of drug-likeness (QED) is 0.567. The molecular weight excluding hydrogens is 262 g/mol. The molecular formula is C9H15N3O5S. The molecule has 0 bridgehead atoms. The van der Waals surface area contributed by atoms with E-state index in [1.54, 1.807) is 11.6 Å². The Kier molecular flexibility index (Phi) is 4.83. The van der Waals surface area contributed by atoms with Gasteiger partial charge in [-0.3, -0.25) is 0 Å². The largest absolute Gasteiger partial charge is 0.452 e. The van der Waals surface area contributed by atoms with Gasteiger partial charge < -0.3 is 4.74 Å². The second-order valence-electron chi connectivity index (χ2n) is 3.96. The number of nitrogens with one attached hydrogen (secondary N) is 1. The first-order chi connectivity index (χ1) is 8.40. The molecule has 0 aromatic heterocycles. The Balaban J connectivity index is 2.74. The molecule has 2 atom stereocenters. The number of methoxy groups -OCH3 is 1. The Morgan fingerprint density at radius 1 is 1.56 bits per heavy atom. The molecule has 102 valence electrons. The van der Waals surface area contributed by atoms with E-state index in [1.165, 1.54) is 6.08 Å². The van der Waals surface area contributed by atoms with Crippen LogP contribution in [0.3, 0.4) is 0 Å². The lowest BCUT2D eigenvalue weighted by Crippen LogP contribution is -2.51. The number of amides is 1. The highest BCUT2D eigenvalue weighted by Crippen LogP contribution is 2.21.